The Bertz CT molecular complexity index is 1130. The van der Waals surface area contributed by atoms with Crippen molar-refractivity contribution >= 4 is 34.8 Å². The molecule has 9 heteroatoms. The molecule has 3 aromatic rings. The summed E-state index contributed by atoms with van der Waals surface area (Å²) in [6, 6.07) is 15.7. The lowest BCUT2D eigenvalue weighted by atomic mass is 10.1. The minimum Gasteiger partial charge on any atom is -0.484 e. The molecule has 0 aliphatic carbocycles. The number of rotatable bonds is 6. The van der Waals surface area contributed by atoms with Gasteiger partial charge in [-0.05, 0) is 67.1 Å². The third-order valence-corrected chi connectivity index (χ3v) is 4.66. The fourth-order valence-corrected chi connectivity index (χ4v) is 3.07. The van der Waals surface area contributed by atoms with Crippen molar-refractivity contribution in [2.24, 2.45) is 0 Å². The summed E-state index contributed by atoms with van der Waals surface area (Å²) in [5, 5.41) is 5.53. The van der Waals surface area contributed by atoms with Crippen LogP contribution in [0, 0.1) is 6.92 Å². The van der Waals surface area contributed by atoms with Gasteiger partial charge in [0.25, 0.3) is 11.8 Å². The Morgan fingerprint density at radius 2 is 1.62 bits per heavy atom. The quantitative estimate of drug-likeness (QED) is 0.476. The summed E-state index contributed by atoms with van der Waals surface area (Å²) in [5.74, 6) is -0.811. The molecule has 166 valence electrons. The summed E-state index contributed by atoms with van der Waals surface area (Å²) in [6.45, 7) is 1.32. The van der Waals surface area contributed by atoms with E-state index in [4.69, 9.17) is 16.3 Å². The molecule has 0 fully saturated rings. The van der Waals surface area contributed by atoms with Crippen molar-refractivity contribution < 1.29 is 27.5 Å². The zero-order valence-corrected chi connectivity index (χ0v) is 17.6. The Morgan fingerprint density at radius 1 is 0.938 bits per heavy atom. The molecule has 0 saturated carbocycles. The molecule has 0 heterocycles. The maximum absolute atomic E-state index is 13.0. The van der Waals surface area contributed by atoms with Crippen LogP contribution in [-0.2, 0) is 11.0 Å². The van der Waals surface area contributed by atoms with Crippen LogP contribution in [0.2, 0.25) is 5.02 Å². The van der Waals surface area contributed by atoms with Crippen LogP contribution in [0.3, 0.4) is 0 Å². The molecule has 32 heavy (non-hydrogen) atoms. The van der Waals surface area contributed by atoms with Crippen LogP contribution in [0.5, 0.6) is 5.75 Å². The van der Waals surface area contributed by atoms with Gasteiger partial charge in [-0.2, -0.15) is 13.2 Å². The number of hydrogen-bond donors (Lipinski definition) is 2. The van der Waals surface area contributed by atoms with Gasteiger partial charge in [-0.3, -0.25) is 9.59 Å². The third kappa shape index (κ3) is 6.01. The highest BCUT2D eigenvalue weighted by Crippen LogP contribution is 2.34. The molecular formula is C23H18ClF3N2O3. The number of halogens is 4. The van der Waals surface area contributed by atoms with E-state index in [-0.39, 0.29) is 17.3 Å². The van der Waals surface area contributed by atoms with Crippen LogP contribution in [0.4, 0.5) is 24.5 Å². The smallest absolute Gasteiger partial charge is 0.418 e. The Hall–Kier alpha value is -3.52. The van der Waals surface area contributed by atoms with Crippen molar-refractivity contribution in [2.45, 2.75) is 13.1 Å². The van der Waals surface area contributed by atoms with E-state index in [2.05, 4.69) is 10.6 Å². The molecule has 0 atom stereocenters. The zero-order valence-electron chi connectivity index (χ0n) is 16.8. The number of anilines is 2. The molecule has 2 amide bonds. The van der Waals surface area contributed by atoms with Gasteiger partial charge in [-0.15, -0.1) is 0 Å². The summed E-state index contributed by atoms with van der Waals surface area (Å²) in [6.07, 6.45) is -4.59. The van der Waals surface area contributed by atoms with Crippen molar-refractivity contribution in [1.82, 2.24) is 0 Å². The van der Waals surface area contributed by atoms with Gasteiger partial charge in [0.1, 0.15) is 5.75 Å². The SMILES string of the molecule is Cc1cc(Cl)ccc1NC(=O)c1ccc(OCC(=O)Nc2ccccc2C(F)(F)F)cc1. The second-order valence-corrected chi connectivity index (χ2v) is 7.25. The highest BCUT2D eigenvalue weighted by Gasteiger charge is 2.33. The van der Waals surface area contributed by atoms with Crippen molar-refractivity contribution in [3.05, 3.63) is 88.4 Å². The van der Waals surface area contributed by atoms with Gasteiger partial charge in [0.05, 0.1) is 11.3 Å². The van der Waals surface area contributed by atoms with Crippen molar-refractivity contribution in [2.75, 3.05) is 17.2 Å². The summed E-state index contributed by atoms with van der Waals surface area (Å²) >= 11 is 5.91. The van der Waals surface area contributed by atoms with Crippen molar-refractivity contribution in [3.63, 3.8) is 0 Å². The average Bonchev–Trinajstić information content (AvgIpc) is 2.74. The van der Waals surface area contributed by atoms with E-state index in [1.54, 1.807) is 18.2 Å². The molecule has 3 aromatic carbocycles. The van der Waals surface area contributed by atoms with Crippen molar-refractivity contribution in [3.8, 4) is 5.75 Å². The number of carbonyl (C=O) groups is 2. The molecule has 0 aromatic heterocycles. The second-order valence-electron chi connectivity index (χ2n) is 6.82. The van der Waals surface area contributed by atoms with Gasteiger partial charge < -0.3 is 15.4 Å². The van der Waals surface area contributed by atoms with Crippen LogP contribution in [0.15, 0.2) is 66.7 Å². The van der Waals surface area contributed by atoms with Crippen LogP contribution >= 0.6 is 11.6 Å². The summed E-state index contributed by atoms with van der Waals surface area (Å²) < 4.78 is 44.3. The minimum absolute atomic E-state index is 0.281. The first kappa shape index (κ1) is 23.1. The van der Waals surface area contributed by atoms with Crippen LogP contribution < -0.4 is 15.4 Å². The van der Waals surface area contributed by atoms with Gasteiger partial charge in [-0.1, -0.05) is 23.7 Å². The first-order valence-corrected chi connectivity index (χ1v) is 9.78. The summed E-state index contributed by atoms with van der Waals surface area (Å²) in [7, 11) is 0. The van der Waals surface area contributed by atoms with Gasteiger partial charge in [0.15, 0.2) is 6.61 Å². The van der Waals surface area contributed by atoms with Crippen molar-refractivity contribution in [1.29, 1.82) is 0 Å². The summed E-state index contributed by atoms with van der Waals surface area (Å²) in [4.78, 5) is 24.4. The normalized spacial score (nSPS) is 11.0. The molecule has 0 aliphatic rings. The molecule has 0 saturated heterocycles. The largest absolute Gasteiger partial charge is 0.484 e. The Kier molecular flexibility index (Phi) is 7.05. The molecule has 0 unspecified atom stereocenters. The fourth-order valence-electron chi connectivity index (χ4n) is 2.84. The van der Waals surface area contributed by atoms with Gasteiger partial charge >= 0.3 is 6.18 Å². The number of nitrogens with one attached hydrogen (secondary N) is 2. The molecule has 5 nitrogen and oxygen atoms in total. The molecule has 0 spiro atoms. The number of aryl methyl sites for hydroxylation is 1. The monoisotopic (exact) mass is 462 g/mol. The lowest BCUT2D eigenvalue weighted by molar-refractivity contribution is -0.137. The molecule has 3 rings (SSSR count). The lowest BCUT2D eigenvalue weighted by Crippen LogP contribution is -2.22. The van der Waals surface area contributed by atoms with Gasteiger partial charge in [0.2, 0.25) is 0 Å². The maximum Gasteiger partial charge on any atom is 0.418 e. The Labute approximate surface area is 187 Å². The first-order valence-electron chi connectivity index (χ1n) is 9.40. The Balaban J connectivity index is 1.57. The highest BCUT2D eigenvalue weighted by atomic mass is 35.5. The van der Waals surface area contributed by atoms with E-state index in [9.17, 15) is 22.8 Å². The Morgan fingerprint density at radius 3 is 2.28 bits per heavy atom. The first-order chi connectivity index (χ1) is 15.1. The number of hydrogen-bond acceptors (Lipinski definition) is 3. The number of ether oxygens (including phenoxy) is 1. The number of para-hydroxylation sites is 1. The van der Waals surface area contributed by atoms with E-state index < -0.39 is 24.3 Å². The molecule has 0 bridgehead atoms. The standard InChI is InChI=1S/C23H18ClF3N2O3/c1-14-12-16(24)8-11-19(14)29-22(31)15-6-9-17(10-7-15)32-13-21(30)28-20-5-3-2-4-18(20)23(25,26)27/h2-12H,13H2,1H3,(H,28,30)(H,29,31). The van der Waals surface area contributed by atoms with E-state index in [0.29, 0.717) is 16.3 Å². The van der Waals surface area contributed by atoms with Crippen LogP contribution in [0.25, 0.3) is 0 Å². The zero-order chi connectivity index (χ0) is 23.3. The van der Waals surface area contributed by atoms with Crippen LogP contribution in [0.1, 0.15) is 21.5 Å². The fraction of sp³-hybridized carbons (Fsp3) is 0.130. The van der Waals surface area contributed by atoms with Crippen LogP contribution in [-0.4, -0.2) is 18.4 Å². The predicted octanol–water partition coefficient (Wildman–Crippen LogP) is 5.94. The summed E-state index contributed by atoms with van der Waals surface area (Å²) in [5.41, 5.74) is 0.493. The predicted molar refractivity (Wildman–Crippen MR) is 116 cm³/mol. The van der Waals surface area contributed by atoms with Gasteiger partial charge in [-0.25, -0.2) is 0 Å². The number of alkyl halides is 3. The van der Waals surface area contributed by atoms with E-state index in [1.807, 2.05) is 6.92 Å². The molecule has 2 N–H and O–H groups in total. The molecule has 0 radical (unpaired) electrons. The van der Waals surface area contributed by atoms with E-state index in [0.717, 1.165) is 17.7 Å². The maximum atomic E-state index is 13.0. The number of carbonyl (C=O) groups excluding carboxylic acids is 2. The minimum atomic E-state index is -4.59. The molecular weight excluding hydrogens is 445 g/mol. The van der Waals surface area contributed by atoms with Gasteiger partial charge in [0, 0.05) is 16.3 Å². The number of benzene rings is 3. The third-order valence-electron chi connectivity index (χ3n) is 4.43. The van der Waals surface area contributed by atoms with E-state index in [1.165, 1.54) is 36.4 Å². The highest BCUT2D eigenvalue weighted by molar-refractivity contribution is 6.30. The topological polar surface area (TPSA) is 67.4 Å². The second kappa shape index (κ2) is 9.74. The average molecular weight is 463 g/mol. The molecule has 0 aliphatic heterocycles. The van der Waals surface area contributed by atoms with E-state index >= 15 is 0 Å². The lowest BCUT2D eigenvalue weighted by Gasteiger charge is -2.14. The number of amides is 2.